The summed E-state index contributed by atoms with van der Waals surface area (Å²) in [6.07, 6.45) is 1.28. The Balaban J connectivity index is 1.99. The molecule has 1 fully saturated rings. The number of hydrogen-bond acceptors (Lipinski definition) is 3. The zero-order valence-corrected chi connectivity index (χ0v) is 10.9. The van der Waals surface area contributed by atoms with Gasteiger partial charge in [-0.2, -0.15) is 0 Å². The first-order valence-corrected chi connectivity index (χ1v) is 7.77. The maximum atomic E-state index is 13.0. The lowest BCUT2D eigenvalue weighted by molar-refractivity contribution is 0.440. The highest BCUT2D eigenvalue weighted by Gasteiger charge is 2.24. The number of halogens is 3. The average molecular weight is 293 g/mol. The van der Waals surface area contributed by atoms with E-state index in [0.29, 0.717) is 12.8 Å². The van der Waals surface area contributed by atoms with Crippen LogP contribution in [0, 0.1) is 17.5 Å². The van der Waals surface area contributed by atoms with E-state index in [2.05, 4.69) is 5.32 Å². The second kappa shape index (κ2) is 5.50. The van der Waals surface area contributed by atoms with Gasteiger partial charge in [-0.3, -0.25) is 0 Å². The summed E-state index contributed by atoms with van der Waals surface area (Å²) in [6, 6.07) is 1.58. The molecule has 0 radical (unpaired) electrons. The molecule has 0 saturated carbocycles. The van der Waals surface area contributed by atoms with Gasteiger partial charge in [0.05, 0.1) is 11.5 Å². The first-order chi connectivity index (χ1) is 8.87. The van der Waals surface area contributed by atoms with Gasteiger partial charge >= 0.3 is 0 Å². The van der Waals surface area contributed by atoms with E-state index < -0.39 is 27.3 Å². The predicted molar refractivity (Wildman–Crippen MR) is 64.8 cm³/mol. The molecule has 19 heavy (non-hydrogen) atoms. The number of benzene rings is 1. The van der Waals surface area contributed by atoms with E-state index in [4.69, 9.17) is 0 Å². The van der Waals surface area contributed by atoms with Gasteiger partial charge in [0.25, 0.3) is 0 Å². The quantitative estimate of drug-likeness (QED) is 0.864. The van der Waals surface area contributed by atoms with Crippen LogP contribution in [0.15, 0.2) is 12.1 Å². The highest BCUT2D eigenvalue weighted by molar-refractivity contribution is 7.91. The van der Waals surface area contributed by atoms with Gasteiger partial charge in [-0.25, -0.2) is 21.6 Å². The summed E-state index contributed by atoms with van der Waals surface area (Å²) in [6.45, 7) is 0.105. The van der Waals surface area contributed by atoms with Gasteiger partial charge in [0, 0.05) is 12.6 Å². The Bertz CT molecular complexity index is 551. The van der Waals surface area contributed by atoms with Crippen molar-refractivity contribution in [1.29, 1.82) is 0 Å². The van der Waals surface area contributed by atoms with Crippen LogP contribution in [0.1, 0.15) is 18.4 Å². The molecule has 3 nitrogen and oxygen atoms in total. The molecule has 2 rings (SSSR count). The SMILES string of the molecule is O=S1(=O)CCCC(NCc2cc(F)c(F)c(F)c2)C1. The largest absolute Gasteiger partial charge is 0.309 e. The molecule has 1 aromatic carbocycles. The monoisotopic (exact) mass is 293 g/mol. The summed E-state index contributed by atoms with van der Waals surface area (Å²) in [5, 5.41) is 2.93. The standard InChI is InChI=1S/C12H14F3NO2S/c13-10-4-8(5-11(14)12(10)15)6-16-9-2-1-3-19(17,18)7-9/h4-5,9,16H,1-3,6-7H2. The first-order valence-electron chi connectivity index (χ1n) is 5.94. The fraction of sp³-hybridized carbons (Fsp3) is 0.500. The van der Waals surface area contributed by atoms with Gasteiger partial charge in [-0.05, 0) is 30.5 Å². The minimum atomic E-state index is -3.03. The fourth-order valence-corrected chi connectivity index (χ4v) is 3.83. The Hall–Kier alpha value is -1.08. The van der Waals surface area contributed by atoms with Crippen LogP contribution in [0.3, 0.4) is 0 Å². The van der Waals surface area contributed by atoms with E-state index in [0.717, 1.165) is 12.1 Å². The van der Waals surface area contributed by atoms with Crippen molar-refractivity contribution in [3.05, 3.63) is 35.1 Å². The molecule has 1 unspecified atom stereocenters. The zero-order chi connectivity index (χ0) is 14.0. The molecule has 1 atom stereocenters. The number of sulfone groups is 1. The van der Waals surface area contributed by atoms with Crippen molar-refractivity contribution >= 4 is 9.84 Å². The van der Waals surface area contributed by atoms with Gasteiger partial charge < -0.3 is 5.32 Å². The Morgan fingerprint density at radius 2 is 1.84 bits per heavy atom. The lowest BCUT2D eigenvalue weighted by atomic mass is 10.1. The molecule has 1 aliphatic rings. The summed E-state index contributed by atoms with van der Waals surface area (Å²) in [5.74, 6) is -3.77. The van der Waals surface area contributed by atoms with Crippen LogP contribution in [-0.4, -0.2) is 26.0 Å². The molecule has 0 aliphatic carbocycles. The van der Waals surface area contributed by atoms with Crippen LogP contribution < -0.4 is 5.32 Å². The maximum Gasteiger partial charge on any atom is 0.194 e. The average Bonchev–Trinajstić information content (AvgIpc) is 2.32. The van der Waals surface area contributed by atoms with E-state index in [9.17, 15) is 21.6 Å². The molecule has 0 spiro atoms. The zero-order valence-electron chi connectivity index (χ0n) is 10.1. The van der Waals surface area contributed by atoms with Crippen LogP contribution in [-0.2, 0) is 16.4 Å². The van der Waals surface area contributed by atoms with E-state index in [1.165, 1.54) is 0 Å². The minimum absolute atomic E-state index is 0.0269. The third-order valence-electron chi connectivity index (χ3n) is 3.10. The molecular formula is C12H14F3NO2S. The Labute approximate surface area is 109 Å². The Morgan fingerprint density at radius 1 is 1.21 bits per heavy atom. The predicted octanol–water partition coefficient (Wildman–Crippen LogP) is 1.77. The van der Waals surface area contributed by atoms with Crippen molar-refractivity contribution < 1.29 is 21.6 Å². The molecule has 1 N–H and O–H groups in total. The van der Waals surface area contributed by atoms with E-state index in [1.54, 1.807) is 0 Å². The van der Waals surface area contributed by atoms with Crippen molar-refractivity contribution in [2.24, 2.45) is 0 Å². The summed E-state index contributed by atoms with van der Waals surface area (Å²) in [7, 11) is -3.03. The molecule has 7 heteroatoms. The van der Waals surface area contributed by atoms with Crippen LogP contribution in [0.2, 0.25) is 0 Å². The van der Waals surface area contributed by atoms with Gasteiger partial charge in [0.1, 0.15) is 0 Å². The molecule has 106 valence electrons. The second-order valence-electron chi connectivity index (χ2n) is 4.71. The highest BCUT2D eigenvalue weighted by Crippen LogP contribution is 2.15. The van der Waals surface area contributed by atoms with Crippen molar-refractivity contribution in [3.8, 4) is 0 Å². The molecule has 1 aliphatic heterocycles. The Kier molecular flexibility index (Phi) is 4.15. The molecule has 0 bridgehead atoms. The molecule has 1 heterocycles. The highest BCUT2D eigenvalue weighted by atomic mass is 32.2. The van der Waals surface area contributed by atoms with Crippen LogP contribution in [0.4, 0.5) is 13.2 Å². The summed E-state index contributed by atoms with van der Waals surface area (Å²) >= 11 is 0. The first kappa shape index (κ1) is 14.3. The van der Waals surface area contributed by atoms with E-state index >= 15 is 0 Å². The summed E-state index contributed by atoms with van der Waals surface area (Å²) in [5.41, 5.74) is 0.249. The third kappa shape index (κ3) is 3.70. The molecule has 0 amide bonds. The minimum Gasteiger partial charge on any atom is -0.309 e. The van der Waals surface area contributed by atoms with Crippen LogP contribution in [0.25, 0.3) is 0 Å². The van der Waals surface area contributed by atoms with Gasteiger partial charge in [0.15, 0.2) is 27.3 Å². The number of nitrogens with one attached hydrogen (secondary N) is 1. The van der Waals surface area contributed by atoms with E-state index in [1.807, 2.05) is 0 Å². The fourth-order valence-electron chi connectivity index (χ4n) is 2.16. The van der Waals surface area contributed by atoms with Crippen molar-refractivity contribution in [3.63, 3.8) is 0 Å². The van der Waals surface area contributed by atoms with Gasteiger partial charge in [-0.1, -0.05) is 0 Å². The van der Waals surface area contributed by atoms with Gasteiger partial charge in [-0.15, -0.1) is 0 Å². The smallest absolute Gasteiger partial charge is 0.194 e. The third-order valence-corrected chi connectivity index (χ3v) is 4.92. The van der Waals surface area contributed by atoms with Crippen molar-refractivity contribution in [2.75, 3.05) is 11.5 Å². The van der Waals surface area contributed by atoms with Crippen molar-refractivity contribution in [1.82, 2.24) is 5.32 Å². The normalized spacial score (nSPS) is 22.4. The number of hydrogen-bond donors (Lipinski definition) is 1. The topological polar surface area (TPSA) is 46.2 Å². The second-order valence-corrected chi connectivity index (χ2v) is 6.94. The molecule has 0 aromatic heterocycles. The lowest BCUT2D eigenvalue weighted by Gasteiger charge is -2.23. The lowest BCUT2D eigenvalue weighted by Crippen LogP contribution is -2.39. The Morgan fingerprint density at radius 3 is 2.42 bits per heavy atom. The summed E-state index contributed by atoms with van der Waals surface area (Å²) in [4.78, 5) is 0. The number of rotatable bonds is 3. The van der Waals surface area contributed by atoms with E-state index in [-0.39, 0.29) is 29.7 Å². The van der Waals surface area contributed by atoms with Crippen molar-refractivity contribution in [2.45, 2.75) is 25.4 Å². The van der Waals surface area contributed by atoms with Crippen LogP contribution in [0.5, 0.6) is 0 Å². The summed E-state index contributed by atoms with van der Waals surface area (Å²) < 4.78 is 61.6. The molecule has 1 aromatic rings. The molecule has 1 saturated heterocycles. The maximum absolute atomic E-state index is 13.0. The molecular weight excluding hydrogens is 279 g/mol. The van der Waals surface area contributed by atoms with Gasteiger partial charge in [0.2, 0.25) is 0 Å². The van der Waals surface area contributed by atoms with Crippen LogP contribution >= 0.6 is 0 Å².